The molecule has 0 heterocycles. The standard InChI is InChI=1S/C93H144O17P2/c1-5-9-13-17-21-25-29-33-37-40-43-46-50-53-57-61-65-69-73-77-90(95)103-83-88(109-92(97)79-75-71-67-63-59-55-49-36-32-28-24-20-16-12-8-4)85-107-111(99,100)105-81-87(94)82-106-112(101,102)108-86-89(110-93(98)80-76-72-68-64-60-56-52-48-45-42-39-35-31-27-23-19-15-11-7-3)84-104-91(96)78-74-70-66-62-58-54-51-47-44-41-38-34-30-26-22-18-14-10-6-2/h9-11,13-15,21-23,25-27,33-39,43-49,53-54,56-58,60,65-66,68-70,72,87-89,94H,5-8,12,16-20,24,28-32,40-42,50-52,55,59,61-64,67,71,73-86H2,1-4H3,(H,99,100)(H,101,102)/b13-9-,14-10-,15-11-,25-21-,26-22-,27-23-,37-33-,38-34-,39-35-,46-43-,47-44-,48-45-,49-36-,57-53-,58-54-,60-56-,69-65-,70-66-,72-68-/t87-,88+,89+/m0/s1. The first-order chi connectivity index (χ1) is 54.7. The first-order valence-electron chi connectivity index (χ1n) is 41.6. The summed E-state index contributed by atoms with van der Waals surface area (Å²) in [4.78, 5) is 73.1. The number of ether oxygens (including phenoxy) is 4. The quantitative estimate of drug-likeness (QED) is 0.0169. The van der Waals surface area contributed by atoms with E-state index >= 15 is 0 Å². The molecule has 0 amide bonds. The summed E-state index contributed by atoms with van der Waals surface area (Å²) in [5.74, 6) is -2.51. The van der Waals surface area contributed by atoms with Gasteiger partial charge in [-0.2, -0.15) is 0 Å². The average Bonchev–Trinajstić information content (AvgIpc) is 0.898. The molecular formula is C93H144O17P2. The molecule has 0 bridgehead atoms. The van der Waals surface area contributed by atoms with E-state index in [0.29, 0.717) is 44.9 Å². The minimum atomic E-state index is -5.04. The van der Waals surface area contributed by atoms with Gasteiger partial charge in [0.05, 0.1) is 26.4 Å². The van der Waals surface area contributed by atoms with Crippen LogP contribution in [-0.4, -0.2) is 96.7 Å². The number of carbonyl (C=O) groups excluding carboxylic acids is 4. The second-order valence-corrected chi connectivity index (χ2v) is 29.5. The van der Waals surface area contributed by atoms with Gasteiger partial charge in [0, 0.05) is 25.7 Å². The Morgan fingerprint density at radius 1 is 0.259 bits per heavy atom. The van der Waals surface area contributed by atoms with Gasteiger partial charge in [0.2, 0.25) is 0 Å². The number of esters is 4. The lowest BCUT2D eigenvalue weighted by atomic mass is 10.1. The number of hydrogen-bond acceptors (Lipinski definition) is 15. The fraction of sp³-hybridized carbons (Fsp3) is 0.548. The maximum absolute atomic E-state index is 13.1. The lowest BCUT2D eigenvalue weighted by Gasteiger charge is -2.21. The number of aliphatic hydroxyl groups is 1. The van der Waals surface area contributed by atoms with Crippen LogP contribution in [0.2, 0.25) is 0 Å². The van der Waals surface area contributed by atoms with E-state index in [9.17, 15) is 43.2 Å². The molecule has 17 nitrogen and oxygen atoms in total. The Morgan fingerprint density at radius 3 is 0.768 bits per heavy atom. The van der Waals surface area contributed by atoms with Gasteiger partial charge in [-0.1, -0.05) is 310 Å². The fourth-order valence-electron chi connectivity index (χ4n) is 9.94. The van der Waals surface area contributed by atoms with Crippen molar-refractivity contribution in [2.75, 3.05) is 39.6 Å². The smallest absolute Gasteiger partial charge is 0.462 e. The molecule has 0 saturated carbocycles. The van der Waals surface area contributed by atoms with E-state index in [2.05, 4.69) is 204 Å². The molecule has 2 unspecified atom stereocenters. The van der Waals surface area contributed by atoms with Crippen LogP contribution in [-0.2, 0) is 65.4 Å². The molecule has 0 spiro atoms. The summed E-state index contributed by atoms with van der Waals surface area (Å²) in [6, 6.07) is 0. The maximum atomic E-state index is 13.1. The monoisotopic (exact) mass is 1590 g/mol. The third-order valence-electron chi connectivity index (χ3n) is 16.1. The number of phosphoric ester groups is 2. The third-order valence-corrected chi connectivity index (χ3v) is 18.0. The van der Waals surface area contributed by atoms with Gasteiger partial charge in [-0.15, -0.1) is 0 Å². The van der Waals surface area contributed by atoms with Crippen molar-refractivity contribution in [3.05, 3.63) is 231 Å². The number of allylic oxidation sites excluding steroid dienone is 38. The molecule has 112 heavy (non-hydrogen) atoms. The van der Waals surface area contributed by atoms with Crippen LogP contribution in [0.1, 0.15) is 272 Å². The van der Waals surface area contributed by atoms with E-state index in [4.69, 9.17) is 37.0 Å². The predicted molar refractivity (Wildman–Crippen MR) is 463 cm³/mol. The maximum Gasteiger partial charge on any atom is 0.472 e. The molecule has 0 saturated heterocycles. The van der Waals surface area contributed by atoms with Crippen molar-refractivity contribution in [2.24, 2.45) is 0 Å². The largest absolute Gasteiger partial charge is 0.472 e. The van der Waals surface area contributed by atoms with Crippen molar-refractivity contribution < 1.29 is 80.2 Å². The number of hydrogen-bond donors (Lipinski definition) is 3. The molecule has 628 valence electrons. The fourth-order valence-corrected chi connectivity index (χ4v) is 11.5. The predicted octanol–water partition coefficient (Wildman–Crippen LogP) is 25.0. The van der Waals surface area contributed by atoms with Crippen molar-refractivity contribution in [1.29, 1.82) is 0 Å². The second-order valence-electron chi connectivity index (χ2n) is 26.6. The zero-order chi connectivity index (χ0) is 81.7. The summed E-state index contributed by atoms with van der Waals surface area (Å²) in [5.41, 5.74) is 0. The Kier molecular flexibility index (Phi) is 77.1. The zero-order valence-electron chi connectivity index (χ0n) is 68.7. The molecule has 0 aromatic carbocycles. The van der Waals surface area contributed by atoms with E-state index in [1.54, 1.807) is 0 Å². The summed E-state index contributed by atoms with van der Waals surface area (Å²) in [5, 5.41) is 10.7. The van der Waals surface area contributed by atoms with Crippen LogP contribution in [0, 0.1) is 0 Å². The highest BCUT2D eigenvalue weighted by Gasteiger charge is 2.30. The van der Waals surface area contributed by atoms with Crippen molar-refractivity contribution >= 4 is 39.5 Å². The number of unbranched alkanes of at least 4 members (excludes halogenated alkanes) is 11. The molecule has 0 aliphatic rings. The van der Waals surface area contributed by atoms with Gasteiger partial charge < -0.3 is 33.8 Å². The highest BCUT2D eigenvalue weighted by molar-refractivity contribution is 7.47. The lowest BCUT2D eigenvalue weighted by Crippen LogP contribution is -2.30. The minimum Gasteiger partial charge on any atom is -0.462 e. The van der Waals surface area contributed by atoms with Gasteiger partial charge in [0.15, 0.2) is 12.2 Å². The molecule has 0 aliphatic carbocycles. The van der Waals surface area contributed by atoms with Crippen LogP contribution in [0.15, 0.2) is 231 Å². The zero-order valence-corrected chi connectivity index (χ0v) is 70.5. The van der Waals surface area contributed by atoms with Crippen molar-refractivity contribution in [2.45, 2.75) is 290 Å². The summed E-state index contributed by atoms with van der Waals surface area (Å²) >= 11 is 0. The van der Waals surface area contributed by atoms with E-state index in [0.717, 1.165) is 135 Å². The average molecular weight is 1600 g/mol. The normalized spacial score (nSPS) is 15.0. The molecule has 0 aliphatic heterocycles. The molecule has 0 fully saturated rings. The Hall–Kier alpha value is -6.88. The van der Waals surface area contributed by atoms with Crippen LogP contribution in [0.25, 0.3) is 0 Å². The Balaban J connectivity index is 5.61. The molecular weight excluding hydrogens is 1450 g/mol. The molecule has 5 atom stereocenters. The third kappa shape index (κ3) is 81.1. The van der Waals surface area contributed by atoms with Crippen LogP contribution < -0.4 is 0 Å². The summed E-state index contributed by atoms with van der Waals surface area (Å²) < 4.78 is 68.5. The van der Waals surface area contributed by atoms with E-state index < -0.39 is 97.5 Å². The van der Waals surface area contributed by atoms with Crippen LogP contribution in [0.4, 0.5) is 0 Å². The Labute approximate surface area is 676 Å². The number of phosphoric acid groups is 2. The van der Waals surface area contributed by atoms with Crippen LogP contribution >= 0.6 is 15.6 Å². The van der Waals surface area contributed by atoms with E-state index in [-0.39, 0.29) is 25.7 Å². The van der Waals surface area contributed by atoms with Gasteiger partial charge in [-0.05, 0) is 167 Å². The Morgan fingerprint density at radius 2 is 0.482 bits per heavy atom. The molecule has 0 aromatic rings. The van der Waals surface area contributed by atoms with Gasteiger partial charge in [0.1, 0.15) is 19.3 Å². The van der Waals surface area contributed by atoms with Gasteiger partial charge >= 0.3 is 39.5 Å². The van der Waals surface area contributed by atoms with Gasteiger partial charge in [-0.3, -0.25) is 37.3 Å². The van der Waals surface area contributed by atoms with Crippen molar-refractivity contribution in [3.8, 4) is 0 Å². The summed E-state index contributed by atoms with van der Waals surface area (Å²) in [7, 11) is -10.1. The first kappa shape index (κ1) is 105. The highest BCUT2D eigenvalue weighted by Crippen LogP contribution is 2.45. The van der Waals surface area contributed by atoms with Gasteiger partial charge in [0.25, 0.3) is 0 Å². The molecule has 0 radical (unpaired) electrons. The molecule has 0 aromatic heterocycles. The first-order valence-corrected chi connectivity index (χ1v) is 44.6. The number of aliphatic hydroxyl groups excluding tert-OH is 1. The van der Waals surface area contributed by atoms with Crippen molar-refractivity contribution in [3.63, 3.8) is 0 Å². The molecule has 19 heteroatoms. The molecule has 3 N–H and O–H groups in total. The Bertz CT molecular complexity index is 3040. The summed E-state index contributed by atoms with van der Waals surface area (Å²) in [6.45, 7) is 4.23. The topological polar surface area (TPSA) is 237 Å². The molecule has 0 rings (SSSR count). The van der Waals surface area contributed by atoms with Crippen LogP contribution in [0.3, 0.4) is 0 Å². The summed E-state index contributed by atoms with van der Waals surface area (Å²) in [6.07, 6.45) is 106. The highest BCUT2D eigenvalue weighted by atomic mass is 31.2. The number of carbonyl (C=O) groups is 4. The van der Waals surface area contributed by atoms with Crippen LogP contribution in [0.5, 0.6) is 0 Å². The van der Waals surface area contributed by atoms with E-state index in [1.165, 1.54) is 38.5 Å². The lowest BCUT2D eigenvalue weighted by molar-refractivity contribution is -0.161. The van der Waals surface area contributed by atoms with E-state index in [1.807, 2.05) is 54.7 Å². The van der Waals surface area contributed by atoms with Gasteiger partial charge in [-0.25, -0.2) is 9.13 Å². The minimum absolute atomic E-state index is 0.00826. The second kappa shape index (κ2) is 82.1. The SMILES string of the molecule is CC/C=C\C/C=C\C/C=C\C/C=C\C/C=C\C/C=C\CCC(=O)OC[C@H](COP(=O)(O)OC[C@@H](O)COP(=O)(O)OC[C@@H](COC(=O)CC/C=C\C/C=C\C/C=C\C/C=C\C/C=C\C/C=C\CC)OC(=O)CCCCCCC/C=C\CCCCCCCC)OC(=O)CC/C=C\C/C=C\C/C=C\C/C=C\C/C=C\C/C=C\CC. The number of rotatable bonds is 75. The van der Waals surface area contributed by atoms with Crippen molar-refractivity contribution in [1.82, 2.24) is 0 Å².